The van der Waals surface area contributed by atoms with E-state index in [-0.39, 0.29) is 5.91 Å². The third kappa shape index (κ3) is 4.13. The highest BCUT2D eigenvalue weighted by Gasteiger charge is 2.20. The third-order valence-corrected chi connectivity index (χ3v) is 5.52. The number of carbonyl (C=O) groups is 1. The molecule has 0 saturated carbocycles. The molecule has 4 aromatic rings. The van der Waals surface area contributed by atoms with E-state index >= 15 is 0 Å². The van der Waals surface area contributed by atoms with Crippen LogP contribution < -0.4 is 0 Å². The minimum Gasteiger partial charge on any atom is -0.415 e. The number of benzene rings is 2. The van der Waals surface area contributed by atoms with Crippen molar-refractivity contribution in [2.75, 3.05) is 33.2 Å². The Hall–Kier alpha value is -3.91. The summed E-state index contributed by atoms with van der Waals surface area (Å²) in [6, 6.07) is 17.0. The van der Waals surface area contributed by atoms with E-state index < -0.39 is 0 Å². The lowest BCUT2D eigenvalue weighted by Gasteiger charge is -2.32. The van der Waals surface area contributed by atoms with Gasteiger partial charge < -0.3 is 14.2 Å². The molecule has 0 spiro atoms. The van der Waals surface area contributed by atoms with Gasteiger partial charge in [-0.2, -0.15) is 0 Å². The lowest BCUT2D eigenvalue weighted by molar-refractivity contribution is 0.0664. The van der Waals surface area contributed by atoms with Gasteiger partial charge in [-0.1, -0.05) is 30.3 Å². The van der Waals surface area contributed by atoms with Crippen molar-refractivity contribution in [3.05, 3.63) is 72.6 Å². The van der Waals surface area contributed by atoms with E-state index in [1.165, 1.54) is 0 Å². The standard InChI is InChI=1S/C24H22N6O2/c1-29-11-13-30(14-12-29)24(31)19-9-7-17(8-10-19)20-15-25-16-21(26-20)23-28-27-22(32-23)18-5-3-2-4-6-18/h2-10,15-16H,11-14H2,1H3. The highest BCUT2D eigenvalue weighted by molar-refractivity contribution is 5.94. The molecule has 0 unspecified atom stereocenters. The monoisotopic (exact) mass is 426 g/mol. The van der Waals surface area contributed by atoms with Crippen molar-refractivity contribution in [1.82, 2.24) is 30.0 Å². The molecule has 1 aliphatic rings. The fraction of sp³-hybridized carbons (Fsp3) is 0.208. The van der Waals surface area contributed by atoms with Gasteiger partial charge in [0.05, 0.1) is 18.1 Å². The summed E-state index contributed by atoms with van der Waals surface area (Å²) in [7, 11) is 2.07. The van der Waals surface area contributed by atoms with Gasteiger partial charge in [0.15, 0.2) is 0 Å². The Bertz CT molecular complexity index is 1210. The SMILES string of the molecule is CN1CCN(C(=O)c2ccc(-c3cncc(-c4nnc(-c5ccccc5)o4)n3)cc2)CC1. The van der Waals surface area contributed by atoms with Crippen LogP contribution in [-0.2, 0) is 0 Å². The average Bonchev–Trinajstić information content (AvgIpc) is 3.35. The van der Waals surface area contributed by atoms with Crippen LogP contribution in [0, 0.1) is 0 Å². The van der Waals surface area contributed by atoms with Gasteiger partial charge in [-0.15, -0.1) is 10.2 Å². The number of hydrogen-bond donors (Lipinski definition) is 0. The fourth-order valence-corrected chi connectivity index (χ4v) is 3.61. The summed E-state index contributed by atoms with van der Waals surface area (Å²) >= 11 is 0. The highest BCUT2D eigenvalue weighted by atomic mass is 16.4. The molecule has 0 aliphatic carbocycles. The quantitative estimate of drug-likeness (QED) is 0.495. The first kappa shape index (κ1) is 20.0. The summed E-state index contributed by atoms with van der Waals surface area (Å²) in [5, 5.41) is 8.23. The molecule has 32 heavy (non-hydrogen) atoms. The second-order valence-corrected chi connectivity index (χ2v) is 7.74. The predicted octanol–water partition coefficient (Wildman–Crippen LogP) is 3.25. The van der Waals surface area contributed by atoms with Crippen LogP contribution in [0.15, 0.2) is 71.4 Å². The first-order valence-electron chi connectivity index (χ1n) is 10.5. The van der Waals surface area contributed by atoms with Crippen molar-refractivity contribution in [2.45, 2.75) is 0 Å². The maximum absolute atomic E-state index is 12.8. The summed E-state index contributed by atoms with van der Waals surface area (Å²) < 4.78 is 5.79. The van der Waals surface area contributed by atoms with Crippen molar-refractivity contribution in [3.63, 3.8) is 0 Å². The maximum atomic E-state index is 12.8. The summed E-state index contributed by atoms with van der Waals surface area (Å²) in [4.78, 5) is 25.8. The molecule has 0 atom stereocenters. The molecule has 1 saturated heterocycles. The molecule has 0 N–H and O–H groups in total. The Morgan fingerprint density at radius 2 is 1.50 bits per heavy atom. The predicted molar refractivity (Wildman–Crippen MR) is 120 cm³/mol. The normalized spacial score (nSPS) is 14.5. The van der Waals surface area contributed by atoms with Gasteiger partial charge in [-0.05, 0) is 31.3 Å². The molecule has 0 radical (unpaired) electrons. The smallest absolute Gasteiger partial charge is 0.268 e. The zero-order valence-corrected chi connectivity index (χ0v) is 17.7. The molecule has 1 fully saturated rings. The Balaban J connectivity index is 1.35. The van der Waals surface area contributed by atoms with E-state index in [4.69, 9.17) is 4.42 Å². The zero-order chi connectivity index (χ0) is 21.9. The lowest BCUT2D eigenvalue weighted by Crippen LogP contribution is -2.47. The molecular formula is C24H22N6O2. The minimum absolute atomic E-state index is 0.0591. The van der Waals surface area contributed by atoms with Gasteiger partial charge in [0.2, 0.25) is 5.89 Å². The number of likely N-dealkylation sites (N-methyl/N-ethyl adjacent to an activating group) is 1. The molecular weight excluding hydrogens is 404 g/mol. The molecule has 2 aromatic heterocycles. The average molecular weight is 426 g/mol. The molecule has 3 heterocycles. The minimum atomic E-state index is 0.0591. The van der Waals surface area contributed by atoms with Crippen LogP contribution in [0.4, 0.5) is 0 Å². The Morgan fingerprint density at radius 3 is 2.25 bits per heavy atom. The Labute approximate surface area is 185 Å². The molecule has 5 rings (SSSR count). The summed E-state index contributed by atoms with van der Waals surface area (Å²) in [6.45, 7) is 3.29. The van der Waals surface area contributed by atoms with Crippen LogP contribution in [-0.4, -0.2) is 69.1 Å². The van der Waals surface area contributed by atoms with Crippen LogP contribution >= 0.6 is 0 Å². The number of carbonyl (C=O) groups excluding carboxylic acids is 1. The Kier molecular flexibility index (Phi) is 5.43. The maximum Gasteiger partial charge on any atom is 0.268 e. The molecule has 0 bridgehead atoms. The number of rotatable bonds is 4. The van der Waals surface area contributed by atoms with Gasteiger partial charge in [-0.3, -0.25) is 9.78 Å². The van der Waals surface area contributed by atoms with Crippen LogP contribution in [0.1, 0.15) is 10.4 Å². The van der Waals surface area contributed by atoms with Crippen LogP contribution in [0.3, 0.4) is 0 Å². The second-order valence-electron chi connectivity index (χ2n) is 7.74. The largest absolute Gasteiger partial charge is 0.415 e. The number of hydrogen-bond acceptors (Lipinski definition) is 7. The Morgan fingerprint density at radius 1 is 0.812 bits per heavy atom. The van der Waals surface area contributed by atoms with Gasteiger partial charge in [0.25, 0.3) is 11.8 Å². The summed E-state index contributed by atoms with van der Waals surface area (Å²) in [6.07, 6.45) is 3.27. The fourth-order valence-electron chi connectivity index (χ4n) is 3.61. The first-order chi connectivity index (χ1) is 15.7. The molecule has 160 valence electrons. The third-order valence-electron chi connectivity index (χ3n) is 5.52. The van der Waals surface area contributed by atoms with Gasteiger partial charge >= 0.3 is 0 Å². The highest BCUT2D eigenvalue weighted by Crippen LogP contribution is 2.24. The number of piperazine rings is 1. The zero-order valence-electron chi connectivity index (χ0n) is 17.7. The first-order valence-corrected chi connectivity index (χ1v) is 10.5. The van der Waals surface area contributed by atoms with Crippen LogP contribution in [0.5, 0.6) is 0 Å². The summed E-state index contributed by atoms with van der Waals surface area (Å²) in [5.41, 5.74) is 3.54. The van der Waals surface area contributed by atoms with E-state index in [9.17, 15) is 4.79 Å². The van der Waals surface area contributed by atoms with Crippen molar-refractivity contribution < 1.29 is 9.21 Å². The van der Waals surface area contributed by atoms with Crippen LogP contribution in [0.25, 0.3) is 34.3 Å². The number of amides is 1. The molecule has 1 amide bonds. The van der Waals surface area contributed by atoms with E-state index in [0.717, 1.165) is 37.3 Å². The van der Waals surface area contributed by atoms with Gasteiger partial charge in [0.1, 0.15) is 5.69 Å². The lowest BCUT2D eigenvalue weighted by atomic mass is 10.1. The van der Waals surface area contributed by atoms with Gasteiger partial charge in [-0.25, -0.2) is 4.98 Å². The topological polar surface area (TPSA) is 88.2 Å². The number of nitrogens with zero attached hydrogens (tertiary/aromatic N) is 6. The molecule has 8 heteroatoms. The molecule has 2 aromatic carbocycles. The summed E-state index contributed by atoms with van der Waals surface area (Å²) in [5.74, 6) is 0.795. The number of aromatic nitrogens is 4. The van der Waals surface area contributed by atoms with E-state index in [0.29, 0.717) is 28.7 Å². The second kappa shape index (κ2) is 8.68. The van der Waals surface area contributed by atoms with Crippen molar-refractivity contribution in [3.8, 4) is 34.3 Å². The molecule has 8 nitrogen and oxygen atoms in total. The van der Waals surface area contributed by atoms with Crippen molar-refractivity contribution in [1.29, 1.82) is 0 Å². The van der Waals surface area contributed by atoms with E-state index in [1.807, 2.05) is 59.5 Å². The van der Waals surface area contributed by atoms with E-state index in [1.54, 1.807) is 12.4 Å². The van der Waals surface area contributed by atoms with Crippen LogP contribution in [0.2, 0.25) is 0 Å². The van der Waals surface area contributed by atoms with Gasteiger partial charge in [0, 0.05) is 42.9 Å². The van der Waals surface area contributed by atoms with E-state index in [2.05, 4.69) is 32.1 Å². The molecule has 1 aliphatic heterocycles. The van der Waals surface area contributed by atoms with Crippen molar-refractivity contribution in [2.24, 2.45) is 0 Å². The van der Waals surface area contributed by atoms with Crippen molar-refractivity contribution >= 4 is 5.91 Å².